The number of rotatable bonds is 3. The van der Waals surface area contributed by atoms with Gasteiger partial charge in [0.25, 0.3) is 0 Å². The second-order valence-corrected chi connectivity index (χ2v) is 5.24. The maximum Gasteiger partial charge on any atom is 0.0933 e. The highest BCUT2D eigenvalue weighted by molar-refractivity contribution is 6.30. The van der Waals surface area contributed by atoms with Crippen molar-refractivity contribution in [3.05, 3.63) is 71.4 Å². The number of hydrogen-bond donors (Lipinski definition) is 1. The minimum absolute atomic E-state index is 0.168. The van der Waals surface area contributed by atoms with Gasteiger partial charge in [-0.25, -0.2) is 0 Å². The molecule has 0 saturated carbocycles. The molecule has 1 aromatic heterocycles. The van der Waals surface area contributed by atoms with Crippen molar-refractivity contribution < 1.29 is 0 Å². The van der Waals surface area contributed by atoms with Gasteiger partial charge in [0.2, 0.25) is 0 Å². The van der Waals surface area contributed by atoms with Crippen LogP contribution in [0.1, 0.15) is 18.5 Å². The molecule has 3 aromatic rings. The molecule has 1 heterocycles. The SMILES string of the molecule is CC(Nc1cccc2cccnc12)c1cccc(Cl)c1. The van der Waals surface area contributed by atoms with E-state index in [2.05, 4.69) is 41.5 Å². The van der Waals surface area contributed by atoms with Crippen LogP contribution in [0.5, 0.6) is 0 Å². The molecule has 0 fully saturated rings. The van der Waals surface area contributed by atoms with E-state index >= 15 is 0 Å². The molecule has 0 spiro atoms. The van der Waals surface area contributed by atoms with Crippen LogP contribution >= 0.6 is 11.6 Å². The van der Waals surface area contributed by atoms with E-state index in [1.54, 1.807) is 0 Å². The number of benzene rings is 2. The van der Waals surface area contributed by atoms with Crippen molar-refractivity contribution in [1.82, 2.24) is 4.98 Å². The second-order valence-electron chi connectivity index (χ2n) is 4.80. The number of anilines is 1. The van der Waals surface area contributed by atoms with Gasteiger partial charge < -0.3 is 5.32 Å². The number of hydrogen-bond acceptors (Lipinski definition) is 2. The summed E-state index contributed by atoms with van der Waals surface area (Å²) < 4.78 is 0. The molecule has 2 aromatic carbocycles. The van der Waals surface area contributed by atoms with Gasteiger partial charge in [-0.1, -0.05) is 41.9 Å². The van der Waals surface area contributed by atoms with Gasteiger partial charge in [-0.3, -0.25) is 4.98 Å². The Morgan fingerprint density at radius 3 is 2.70 bits per heavy atom. The zero-order valence-corrected chi connectivity index (χ0v) is 11.9. The topological polar surface area (TPSA) is 24.9 Å². The Morgan fingerprint density at radius 1 is 1.05 bits per heavy atom. The molecule has 1 unspecified atom stereocenters. The van der Waals surface area contributed by atoms with Crippen molar-refractivity contribution >= 4 is 28.2 Å². The molecule has 0 radical (unpaired) electrons. The lowest BCUT2D eigenvalue weighted by Gasteiger charge is -2.17. The Labute approximate surface area is 123 Å². The summed E-state index contributed by atoms with van der Waals surface area (Å²) in [7, 11) is 0. The number of para-hydroxylation sites is 1. The number of nitrogens with zero attached hydrogens (tertiary/aromatic N) is 1. The summed E-state index contributed by atoms with van der Waals surface area (Å²) in [5.74, 6) is 0. The molecule has 100 valence electrons. The van der Waals surface area contributed by atoms with Crippen molar-refractivity contribution in [2.45, 2.75) is 13.0 Å². The molecule has 0 amide bonds. The zero-order chi connectivity index (χ0) is 13.9. The van der Waals surface area contributed by atoms with E-state index < -0.39 is 0 Å². The standard InChI is InChI=1S/C17H15ClN2/c1-12(14-6-2-8-15(18)11-14)20-16-9-3-5-13-7-4-10-19-17(13)16/h2-12,20H,1H3. The zero-order valence-electron chi connectivity index (χ0n) is 11.2. The summed E-state index contributed by atoms with van der Waals surface area (Å²) in [5.41, 5.74) is 3.19. The smallest absolute Gasteiger partial charge is 0.0933 e. The van der Waals surface area contributed by atoms with Gasteiger partial charge in [0.05, 0.1) is 11.2 Å². The normalized spacial score (nSPS) is 12.3. The lowest BCUT2D eigenvalue weighted by Crippen LogP contribution is -2.07. The Hall–Kier alpha value is -2.06. The lowest BCUT2D eigenvalue weighted by atomic mass is 10.1. The quantitative estimate of drug-likeness (QED) is 0.726. The van der Waals surface area contributed by atoms with Gasteiger partial charge >= 0.3 is 0 Å². The predicted octanol–water partition coefficient (Wildman–Crippen LogP) is 5.06. The number of fused-ring (bicyclic) bond motifs is 1. The van der Waals surface area contributed by atoms with Crippen molar-refractivity contribution in [2.24, 2.45) is 0 Å². The fourth-order valence-corrected chi connectivity index (χ4v) is 2.51. The van der Waals surface area contributed by atoms with Crippen LogP contribution in [0.3, 0.4) is 0 Å². The van der Waals surface area contributed by atoms with Crippen LogP contribution in [0.15, 0.2) is 60.8 Å². The molecule has 1 atom stereocenters. The van der Waals surface area contributed by atoms with Crippen LogP contribution in [0.25, 0.3) is 10.9 Å². The number of aromatic nitrogens is 1. The van der Waals surface area contributed by atoms with Gasteiger partial charge in [0, 0.05) is 22.6 Å². The van der Waals surface area contributed by atoms with Crippen LogP contribution in [0.4, 0.5) is 5.69 Å². The molecule has 3 rings (SSSR count). The summed E-state index contributed by atoms with van der Waals surface area (Å²) in [6, 6.07) is 18.3. The first-order chi connectivity index (χ1) is 9.74. The summed E-state index contributed by atoms with van der Waals surface area (Å²) in [5, 5.41) is 5.40. The van der Waals surface area contributed by atoms with Crippen LogP contribution in [0.2, 0.25) is 5.02 Å². The molecular formula is C17H15ClN2. The van der Waals surface area contributed by atoms with Gasteiger partial charge in [0.15, 0.2) is 0 Å². The van der Waals surface area contributed by atoms with E-state index in [1.807, 2.05) is 36.5 Å². The Balaban J connectivity index is 1.93. The van der Waals surface area contributed by atoms with E-state index in [4.69, 9.17) is 11.6 Å². The van der Waals surface area contributed by atoms with E-state index in [1.165, 1.54) is 0 Å². The molecular weight excluding hydrogens is 268 g/mol. The van der Waals surface area contributed by atoms with Gasteiger partial charge in [-0.15, -0.1) is 0 Å². The Kier molecular flexibility index (Phi) is 3.57. The third kappa shape index (κ3) is 2.61. The Morgan fingerprint density at radius 2 is 1.85 bits per heavy atom. The van der Waals surface area contributed by atoms with Crippen LogP contribution in [0, 0.1) is 0 Å². The largest absolute Gasteiger partial charge is 0.377 e. The fraction of sp³-hybridized carbons (Fsp3) is 0.118. The van der Waals surface area contributed by atoms with Crippen molar-refractivity contribution in [2.75, 3.05) is 5.32 Å². The summed E-state index contributed by atoms with van der Waals surface area (Å²) in [4.78, 5) is 4.46. The molecule has 0 saturated heterocycles. The number of pyridine rings is 1. The third-order valence-corrected chi connectivity index (χ3v) is 3.59. The first-order valence-electron chi connectivity index (χ1n) is 6.60. The monoisotopic (exact) mass is 282 g/mol. The van der Waals surface area contributed by atoms with Gasteiger partial charge in [-0.05, 0) is 36.8 Å². The molecule has 0 aliphatic rings. The minimum atomic E-state index is 0.168. The lowest BCUT2D eigenvalue weighted by molar-refractivity contribution is 0.886. The Bertz CT molecular complexity index is 734. The van der Waals surface area contributed by atoms with Crippen molar-refractivity contribution in [3.8, 4) is 0 Å². The summed E-state index contributed by atoms with van der Waals surface area (Å²) in [6.07, 6.45) is 1.82. The molecule has 2 nitrogen and oxygen atoms in total. The first kappa shape index (κ1) is 12.9. The molecule has 0 aliphatic heterocycles. The maximum atomic E-state index is 6.05. The second kappa shape index (κ2) is 5.51. The molecule has 0 bridgehead atoms. The van der Waals surface area contributed by atoms with E-state index in [-0.39, 0.29) is 6.04 Å². The van der Waals surface area contributed by atoms with Crippen LogP contribution in [-0.2, 0) is 0 Å². The molecule has 20 heavy (non-hydrogen) atoms. The summed E-state index contributed by atoms with van der Waals surface area (Å²) >= 11 is 6.05. The highest BCUT2D eigenvalue weighted by atomic mass is 35.5. The average molecular weight is 283 g/mol. The average Bonchev–Trinajstić information content (AvgIpc) is 2.47. The first-order valence-corrected chi connectivity index (χ1v) is 6.97. The molecule has 3 heteroatoms. The van der Waals surface area contributed by atoms with E-state index in [9.17, 15) is 0 Å². The van der Waals surface area contributed by atoms with Crippen LogP contribution in [-0.4, -0.2) is 4.98 Å². The highest BCUT2D eigenvalue weighted by Crippen LogP contribution is 2.26. The number of halogens is 1. The van der Waals surface area contributed by atoms with E-state index in [0.717, 1.165) is 27.2 Å². The number of nitrogens with one attached hydrogen (secondary N) is 1. The third-order valence-electron chi connectivity index (χ3n) is 3.35. The predicted molar refractivity (Wildman–Crippen MR) is 85.2 cm³/mol. The molecule has 1 N–H and O–H groups in total. The minimum Gasteiger partial charge on any atom is -0.377 e. The van der Waals surface area contributed by atoms with Crippen molar-refractivity contribution in [3.63, 3.8) is 0 Å². The maximum absolute atomic E-state index is 6.05. The van der Waals surface area contributed by atoms with Gasteiger partial charge in [-0.2, -0.15) is 0 Å². The highest BCUT2D eigenvalue weighted by Gasteiger charge is 2.08. The fourth-order valence-electron chi connectivity index (χ4n) is 2.31. The van der Waals surface area contributed by atoms with Gasteiger partial charge in [0.1, 0.15) is 0 Å². The summed E-state index contributed by atoms with van der Waals surface area (Å²) in [6.45, 7) is 2.12. The van der Waals surface area contributed by atoms with Crippen LogP contribution < -0.4 is 5.32 Å². The van der Waals surface area contributed by atoms with E-state index in [0.29, 0.717) is 0 Å². The molecule has 0 aliphatic carbocycles. The van der Waals surface area contributed by atoms with Crippen molar-refractivity contribution in [1.29, 1.82) is 0 Å².